The van der Waals surface area contributed by atoms with Crippen LogP contribution >= 0.6 is 0 Å². The van der Waals surface area contributed by atoms with Gasteiger partial charge in [0.05, 0.1) is 5.56 Å². The van der Waals surface area contributed by atoms with Gasteiger partial charge in [-0.15, -0.1) is 0 Å². The lowest BCUT2D eigenvalue weighted by molar-refractivity contribution is -0.137. The molecule has 8 heteroatoms. The van der Waals surface area contributed by atoms with Gasteiger partial charge in [-0.1, -0.05) is 0 Å². The highest BCUT2D eigenvalue weighted by Gasteiger charge is 2.30. The molecule has 1 aliphatic heterocycles. The molecule has 31 heavy (non-hydrogen) atoms. The van der Waals surface area contributed by atoms with Crippen molar-refractivity contribution in [2.24, 2.45) is 5.92 Å². The molecule has 1 saturated heterocycles. The van der Waals surface area contributed by atoms with Crippen LogP contribution in [0.5, 0.6) is 0 Å². The van der Waals surface area contributed by atoms with Crippen molar-refractivity contribution in [2.75, 3.05) is 18.4 Å². The van der Waals surface area contributed by atoms with Crippen molar-refractivity contribution in [2.45, 2.75) is 44.7 Å². The van der Waals surface area contributed by atoms with Gasteiger partial charge in [0.25, 0.3) is 0 Å². The molecule has 2 heterocycles. The largest absolute Gasteiger partial charge is 0.416 e. The van der Waals surface area contributed by atoms with Crippen molar-refractivity contribution >= 4 is 17.5 Å². The quantitative estimate of drug-likeness (QED) is 0.689. The summed E-state index contributed by atoms with van der Waals surface area (Å²) in [4.78, 5) is 30.6. The number of nitrogens with one attached hydrogen (secondary N) is 1. The molecule has 1 aliphatic rings. The summed E-state index contributed by atoms with van der Waals surface area (Å²) in [7, 11) is 0. The summed E-state index contributed by atoms with van der Waals surface area (Å²) >= 11 is 0. The second-order valence-corrected chi connectivity index (χ2v) is 7.87. The van der Waals surface area contributed by atoms with Gasteiger partial charge in [0, 0.05) is 44.0 Å². The minimum atomic E-state index is -4.40. The first-order valence-electron chi connectivity index (χ1n) is 10.4. The molecule has 0 unspecified atom stereocenters. The minimum absolute atomic E-state index is 0.121. The Morgan fingerprint density at radius 2 is 1.77 bits per heavy atom. The van der Waals surface area contributed by atoms with E-state index in [-0.39, 0.29) is 24.2 Å². The number of alkyl halides is 3. The number of anilines is 1. The molecule has 0 bridgehead atoms. The van der Waals surface area contributed by atoms with Crippen molar-refractivity contribution in [1.82, 2.24) is 9.88 Å². The van der Waals surface area contributed by atoms with Crippen LogP contribution < -0.4 is 5.32 Å². The van der Waals surface area contributed by atoms with Gasteiger partial charge in [0.15, 0.2) is 0 Å². The zero-order chi connectivity index (χ0) is 22.3. The molecule has 3 rings (SSSR count). The molecule has 166 valence electrons. The van der Waals surface area contributed by atoms with E-state index in [1.165, 1.54) is 12.1 Å². The van der Waals surface area contributed by atoms with Gasteiger partial charge in [-0.2, -0.15) is 13.2 Å². The number of aromatic nitrogens is 1. The third-order valence-corrected chi connectivity index (χ3v) is 5.52. The van der Waals surface area contributed by atoms with Gasteiger partial charge in [-0.05, 0) is 73.6 Å². The first-order chi connectivity index (χ1) is 14.8. The molecule has 1 fully saturated rings. The number of halogens is 3. The average Bonchev–Trinajstić information content (AvgIpc) is 2.77. The van der Waals surface area contributed by atoms with Gasteiger partial charge >= 0.3 is 6.18 Å². The molecule has 0 radical (unpaired) electrons. The Labute approximate surface area is 179 Å². The number of pyridine rings is 1. The van der Waals surface area contributed by atoms with Gasteiger partial charge in [0.2, 0.25) is 11.8 Å². The number of aryl methyl sites for hydroxylation is 1. The number of likely N-dealkylation sites (tertiary alicyclic amines) is 1. The van der Waals surface area contributed by atoms with Crippen molar-refractivity contribution in [3.8, 4) is 0 Å². The van der Waals surface area contributed by atoms with Gasteiger partial charge < -0.3 is 10.2 Å². The first kappa shape index (κ1) is 22.8. The molecule has 1 aromatic heterocycles. The Morgan fingerprint density at radius 3 is 2.45 bits per heavy atom. The molecule has 0 saturated carbocycles. The summed E-state index contributed by atoms with van der Waals surface area (Å²) in [5, 5.41) is 2.64. The van der Waals surface area contributed by atoms with Crippen LogP contribution in [0, 0.1) is 5.92 Å². The molecule has 1 aromatic carbocycles. The minimum Gasteiger partial charge on any atom is -0.342 e. The lowest BCUT2D eigenvalue weighted by atomic mass is 9.93. The number of rotatable bonds is 7. The van der Waals surface area contributed by atoms with E-state index in [0.29, 0.717) is 31.5 Å². The maximum Gasteiger partial charge on any atom is 0.416 e. The van der Waals surface area contributed by atoms with Gasteiger partial charge in [-0.3, -0.25) is 14.6 Å². The van der Waals surface area contributed by atoms with Crippen LogP contribution in [0.1, 0.15) is 43.2 Å². The molecule has 1 atom stereocenters. The Bertz CT molecular complexity index is 870. The smallest absolute Gasteiger partial charge is 0.342 e. The molecular weight excluding hydrogens is 407 g/mol. The van der Waals surface area contributed by atoms with E-state index < -0.39 is 11.7 Å². The monoisotopic (exact) mass is 433 g/mol. The third-order valence-electron chi connectivity index (χ3n) is 5.52. The lowest BCUT2D eigenvalue weighted by Gasteiger charge is -2.33. The van der Waals surface area contributed by atoms with Crippen LogP contribution in [0.25, 0.3) is 0 Å². The van der Waals surface area contributed by atoms with E-state index in [4.69, 9.17) is 0 Å². The van der Waals surface area contributed by atoms with Gasteiger partial charge in [-0.25, -0.2) is 0 Å². The Kier molecular flexibility index (Phi) is 7.65. The normalized spacial score (nSPS) is 16.7. The predicted molar refractivity (Wildman–Crippen MR) is 111 cm³/mol. The zero-order valence-corrected chi connectivity index (χ0v) is 17.2. The molecule has 2 amide bonds. The number of carbonyl (C=O) groups is 2. The van der Waals surface area contributed by atoms with E-state index in [1.807, 2.05) is 17.0 Å². The SMILES string of the molecule is O=C(CC[C@@H]1CCCN(C(=O)CCc2ccncc2)C1)Nc1ccc(C(F)(F)F)cc1. The lowest BCUT2D eigenvalue weighted by Crippen LogP contribution is -2.40. The fourth-order valence-electron chi connectivity index (χ4n) is 3.79. The van der Waals surface area contributed by atoms with Crippen molar-refractivity contribution in [3.05, 3.63) is 59.9 Å². The molecule has 1 N–H and O–H groups in total. The second-order valence-electron chi connectivity index (χ2n) is 7.87. The molecule has 5 nitrogen and oxygen atoms in total. The van der Waals surface area contributed by atoms with E-state index in [1.54, 1.807) is 12.4 Å². The van der Waals surface area contributed by atoms with Crippen LogP contribution in [0.4, 0.5) is 18.9 Å². The van der Waals surface area contributed by atoms with Gasteiger partial charge in [0.1, 0.15) is 0 Å². The summed E-state index contributed by atoms with van der Waals surface area (Å²) in [5.74, 6) is 0.133. The fourth-order valence-corrected chi connectivity index (χ4v) is 3.79. The third kappa shape index (κ3) is 7.08. The van der Waals surface area contributed by atoms with Crippen LogP contribution in [0.3, 0.4) is 0 Å². The highest BCUT2D eigenvalue weighted by molar-refractivity contribution is 5.90. The Hall–Kier alpha value is -2.90. The first-order valence-corrected chi connectivity index (χ1v) is 10.4. The van der Waals surface area contributed by atoms with Crippen LogP contribution in [-0.2, 0) is 22.2 Å². The molecular formula is C23H26F3N3O2. The number of carbonyl (C=O) groups excluding carboxylic acids is 2. The van der Waals surface area contributed by atoms with E-state index in [9.17, 15) is 22.8 Å². The maximum absolute atomic E-state index is 12.6. The topological polar surface area (TPSA) is 62.3 Å². The van der Waals surface area contributed by atoms with Crippen molar-refractivity contribution in [1.29, 1.82) is 0 Å². The van der Waals surface area contributed by atoms with Crippen molar-refractivity contribution < 1.29 is 22.8 Å². The van der Waals surface area contributed by atoms with Crippen molar-refractivity contribution in [3.63, 3.8) is 0 Å². The number of amides is 2. The summed E-state index contributed by atoms with van der Waals surface area (Å²) in [5.41, 5.74) is 0.674. The highest BCUT2D eigenvalue weighted by Crippen LogP contribution is 2.30. The standard InChI is InChI=1S/C23H26F3N3O2/c24-23(25,26)19-5-7-20(8-6-19)28-21(30)9-3-18-2-1-15-29(16-18)22(31)10-4-17-11-13-27-14-12-17/h5-8,11-14,18H,1-4,9-10,15-16H2,(H,28,30)/t18-/m0/s1. The van der Waals surface area contributed by atoms with E-state index in [2.05, 4.69) is 10.3 Å². The molecule has 0 aliphatic carbocycles. The van der Waals surface area contributed by atoms with Crippen LogP contribution in [0.15, 0.2) is 48.8 Å². The fraction of sp³-hybridized carbons (Fsp3) is 0.435. The Morgan fingerprint density at radius 1 is 1.06 bits per heavy atom. The molecule has 2 aromatic rings. The predicted octanol–water partition coefficient (Wildman–Crippen LogP) is 4.69. The maximum atomic E-state index is 12.6. The number of benzene rings is 1. The number of hydrogen-bond donors (Lipinski definition) is 1. The number of piperidine rings is 1. The highest BCUT2D eigenvalue weighted by atomic mass is 19.4. The average molecular weight is 433 g/mol. The van der Waals surface area contributed by atoms with Crippen LogP contribution in [-0.4, -0.2) is 34.8 Å². The summed E-state index contributed by atoms with van der Waals surface area (Å²) < 4.78 is 37.8. The summed E-state index contributed by atoms with van der Waals surface area (Å²) in [6.45, 7) is 1.38. The summed E-state index contributed by atoms with van der Waals surface area (Å²) in [6, 6.07) is 8.22. The number of hydrogen-bond acceptors (Lipinski definition) is 3. The Balaban J connectivity index is 1.41. The van der Waals surface area contributed by atoms with E-state index >= 15 is 0 Å². The second kappa shape index (κ2) is 10.4. The van der Waals surface area contributed by atoms with Crippen LogP contribution in [0.2, 0.25) is 0 Å². The van der Waals surface area contributed by atoms with E-state index in [0.717, 1.165) is 37.1 Å². The molecule has 0 spiro atoms. The zero-order valence-electron chi connectivity index (χ0n) is 17.2. The summed E-state index contributed by atoms with van der Waals surface area (Å²) in [6.07, 6.45) is 2.94. The number of nitrogens with zero attached hydrogens (tertiary/aromatic N) is 2.